The van der Waals surface area contributed by atoms with E-state index in [0.717, 1.165) is 0 Å². The van der Waals surface area contributed by atoms with Crippen LogP contribution in [0, 0.1) is 0 Å². The van der Waals surface area contributed by atoms with E-state index in [4.69, 9.17) is 16.3 Å². The molecule has 1 aromatic heterocycles. The minimum Gasteiger partial charge on any atom is -0.496 e. The van der Waals surface area contributed by atoms with Crippen molar-refractivity contribution in [2.45, 2.75) is 4.90 Å². The fourth-order valence-corrected chi connectivity index (χ4v) is 3.33. The van der Waals surface area contributed by atoms with Crippen molar-refractivity contribution in [1.29, 1.82) is 0 Å². The quantitative estimate of drug-likeness (QED) is 0.884. The molecule has 0 aliphatic rings. The minimum absolute atomic E-state index is 0.0244. The number of sulfonamides is 1. The van der Waals surface area contributed by atoms with Crippen LogP contribution in [-0.2, 0) is 10.0 Å². The standard InChI is InChI=1S/C11H9BrClN3O3S/c1-19-9-3-2-7(6-8(9)12)20(17,18)16-11-10(13)14-4-5-15-11/h2-6H,1H3,(H,15,16). The second-order valence-electron chi connectivity index (χ2n) is 3.60. The van der Waals surface area contributed by atoms with E-state index in [2.05, 4.69) is 30.6 Å². The fourth-order valence-electron chi connectivity index (χ4n) is 1.39. The lowest BCUT2D eigenvalue weighted by Gasteiger charge is -2.09. The zero-order chi connectivity index (χ0) is 14.8. The SMILES string of the molecule is COc1ccc(S(=O)(=O)Nc2nccnc2Cl)cc1Br. The Balaban J connectivity index is 2.36. The van der Waals surface area contributed by atoms with Crippen LogP contribution >= 0.6 is 27.5 Å². The van der Waals surface area contributed by atoms with Gasteiger partial charge in [-0.3, -0.25) is 4.72 Å². The van der Waals surface area contributed by atoms with Crippen LogP contribution in [0.15, 0.2) is 40.0 Å². The maximum absolute atomic E-state index is 12.2. The maximum atomic E-state index is 12.2. The van der Waals surface area contributed by atoms with Gasteiger partial charge >= 0.3 is 0 Å². The van der Waals surface area contributed by atoms with Crippen molar-refractivity contribution < 1.29 is 13.2 Å². The van der Waals surface area contributed by atoms with Crippen LogP contribution in [0.3, 0.4) is 0 Å². The summed E-state index contributed by atoms with van der Waals surface area (Å²) in [5.41, 5.74) is 0. The van der Waals surface area contributed by atoms with Crippen molar-refractivity contribution in [3.05, 3.63) is 40.2 Å². The lowest BCUT2D eigenvalue weighted by molar-refractivity contribution is 0.411. The molecular formula is C11H9BrClN3O3S. The van der Waals surface area contributed by atoms with Gasteiger partial charge in [0.05, 0.1) is 16.5 Å². The van der Waals surface area contributed by atoms with Crippen LogP contribution < -0.4 is 9.46 Å². The normalized spacial score (nSPS) is 11.2. The number of aromatic nitrogens is 2. The number of ether oxygens (including phenoxy) is 1. The number of methoxy groups -OCH3 is 1. The highest BCUT2D eigenvalue weighted by atomic mass is 79.9. The van der Waals surface area contributed by atoms with Gasteiger partial charge in [-0.25, -0.2) is 18.4 Å². The van der Waals surface area contributed by atoms with Gasteiger partial charge in [0.2, 0.25) is 0 Å². The van der Waals surface area contributed by atoms with Crippen molar-refractivity contribution in [3.63, 3.8) is 0 Å². The van der Waals surface area contributed by atoms with Gasteiger partial charge in [0.1, 0.15) is 5.75 Å². The Morgan fingerprint density at radius 3 is 2.60 bits per heavy atom. The summed E-state index contributed by atoms with van der Waals surface area (Å²) >= 11 is 9.00. The highest BCUT2D eigenvalue weighted by molar-refractivity contribution is 9.10. The molecule has 2 aromatic rings. The fraction of sp³-hybridized carbons (Fsp3) is 0.0909. The van der Waals surface area contributed by atoms with Gasteiger partial charge in [-0.15, -0.1) is 0 Å². The zero-order valence-corrected chi connectivity index (χ0v) is 13.3. The predicted octanol–water partition coefficient (Wildman–Crippen LogP) is 2.70. The molecule has 2 rings (SSSR count). The van der Waals surface area contributed by atoms with Crippen molar-refractivity contribution in [3.8, 4) is 5.75 Å². The molecule has 0 saturated heterocycles. The van der Waals surface area contributed by atoms with E-state index >= 15 is 0 Å². The molecule has 1 aromatic carbocycles. The zero-order valence-electron chi connectivity index (χ0n) is 10.2. The van der Waals surface area contributed by atoms with Gasteiger partial charge in [-0.2, -0.15) is 0 Å². The van der Waals surface area contributed by atoms with Gasteiger partial charge in [-0.1, -0.05) is 11.6 Å². The highest BCUT2D eigenvalue weighted by Gasteiger charge is 2.18. The molecule has 106 valence electrons. The number of nitrogens with one attached hydrogen (secondary N) is 1. The molecule has 0 unspecified atom stereocenters. The lowest BCUT2D eigenvalue weighted by atomic mass is 10.3. The first-order valence-electron chi connectivity index (χ1n) is 5.27. The first kappa shape index (κ1) is 15.0. The Labute approximate surface area is 129 Å². The van der Waals surface area contributed by atoms with Crippen LogP contribution in [0.1, 0.15) is 0 Å². The van der Waals surface area contributed by atoms with E-state index in [0.29, 0.717) is 10.2 Å². The number of nitrogens with zero attached hydrogens (tertiary/aromatic N) is 2. The molecule has 0 radical (unpaired) electrons. The van der Waals surface area contributed by atoms with E-state index in [1.54, 1.807) is 0 Å². The van der Waals surface area contributed by atoms with E-state index in [9.17, 15) is 8.42 Å². The Bertz CT molecular complexity index is 739. The molecule has 6 nitrogen and oxygen atoms in total. The second kappa shape index (κ2) is 5.94. The molecule has 1 heterocycles. The van der Waals surface area contributed by atoms with Crippen molar-refractivity contribution in [2.24, 2.45) is 0 Å². The summed E-state index contributed by atoms with van der Waals surface area (Å²) < 4.78 is 32.3. The van der Waals surface area contributed by atoms with Gasteiger partial charge in [0, 0.05) is 12.4 Å². The number of halogens is 2. The summed E-state index contributed by atoms with van der Waals surface area (Å²) in [6.45, 7) is 0. The third-order valence-electron chi connectivity index (χ3n) is 2.32. The molecule has 0 bridgehead atoms. The monoisotopic (exact) mass is 377 g/mol. The predicted molar refractivity (Wildman–Crippen MR) is 78.5 cm³/mol. The van der Waals surface area contributed by atoms with E-state index in [1.165, 1.54) is 37.7 Å². The first-order chi connectivity index (χ1) is 9.44. The first-order valence-corrected chi connectivity index (χ1v) is 7.92. The number of anilines is 1. The van der Waals surface area contributed by atoms with Crippen LogP contribution in [0.2, 0.25) is 5.15 Å². The van der Waals surface area contributed by atoms with Crippen LogP contribution in [0.4, 0.5) is 5.82 Å². The van der Waals surface area contributed by atoms with E-state index < -0.39 is 10.0 Å². The van der Waals surface area contributed by atoms with Gasteiger partial charge in [0.25, 0.3) is 10.0 Å². The van der Waals surface area contributed by atoms with Crippen molar-refractivity contribution in [2.75, 3.05) is 11.8 Å². The molecule has 0 atom stereocenters. The lowest BCUT2D eigenvalue weighted by Crippen LogP contribution is -2.14. The van der Waals surface area contributed by atoms with Crippen LogP contribution in [0.25, 0.3) is 0 Å². The maximum Gasteiger partial charge on any atom is 0.263 e. The number of benzene rings is 1. The third kappa shape index (κ3) is 3.20. The summed E-state index contributed by atoms with van der Waals surface area (Å²) in [4.78, 5) is 7.62. The topological polar surface area (TPSA) is 81.2 Å². The van der Waals surface area contributed by atoms with E-state index in [-0.39, 0.29) is 15.9 Å². The van der Waals surface area contributed by atoms with Crippen LogP contribution in [-0.4, -0.2) is 25.5 Å². The minimum atomic E-state index is -3.81. The summed E-state index contributed by atoms with van der Waals surface area (Å²) in [6.07, 6.45) is 2.71. The molecule has 0 aliphatic carbocycles. The van der Waals surface area contributed by atoms with Crippen molar-refractivity contribution in [1.82, 2.24) is 9.97 Å². The molecule has 1 N–H and O–H groups in total. The highest BCUT2D eigenvalue weighted by Crippen LogP contribution is 2.28. The molecule has 0 aliphatic heterocycles. The molecule has 0 amide bonds. The Kier molecular flexibility index (Phi) is 4.46. The number of hydrogen-bond donors (Lipinski definition) is 1. The molecular weight excluding hydrogens is 370 g/mol. The summed E-state index contributed by atoms with van der Waals surface area (Å²) in [5.74, 6) is 0.502. The average molecular weight is 379 g/mol. The average Bonchev–Trinajstić information content (AvgIpc) is 2.41. The summed E-state index contributed by atoms with van der Waals surface area (Å²) in [5, 5.41) is -0.0244. The molecule has 0 spiro atoms. The number of hydrogen-bond acceptors (Lipinski definition) is 5. The molecule has 0 saturated carbocycles. The summed E-state index contributed by atoms with van der Waals surface area (Å²) in [7, 11) is -2.31. The Morgan fingerprint density at radius 1 is 1.30 bits per heavy atom. The third-order valence-corrected chi connectivity index (χ3v) is 4.55. The van der Waals surface area contributed by atoms with Crippen molar-refractivity contribution >= 4 is 43.4 Å². The largest absolute Gasteiger partial charge is 0.496 e. The Morgan fingerprint density at radius 2 is 2.00 bits per heavy atom. The molecule has 9 heteroatoms. The van der Waals surface area contributed by atoms with Gasteiger partial charge in [0.15, 0.2) is 11.0 Å². The van der Waals surface area contributed by atoms with Gasteiger partial charge in [-0.05, 0) is 34.1 Å². The second-order valence-corrected chi connectivity index (χ2v) is 6.49. The van der Waals surface area contributed by atoms with Gasteiger partial charge < -0.3 is 4.74 Å². The van der Waals surface area contributed by atoms with E-state index in [1.807, 2.05) is 0 Å². The smallest absolute Gasteiger partial charge is 0.263 e. The molecule has 20 heavy (non-hydrogen) atoms. The summed E-state index contributed by atoms with van der Waals surface area (Å²) in [6, 6.07) is 4.37. The van der Waals surface area contributed by atoms with Crippen LogP contribution in [0.5, 0.6) is 5.75 Å². The Hall–Kier alpha value is -1.38. The number of rotatable bonds is 4. The molecule has 0 fully saturated rings.